The predicted octanol–water partition coefficient (Wildman–Crippen LogP) is 3.91. The predicted molar refractivity (Wildman–Crippen MR) is 115 cm³/mol. The zero-order valence-corrected chi connectivity index (χ0v) is 17.9. The van der Waals surface area contributed by atoms with Crippen LogP contribution < -0.4 is 13.8 Å². The molecule has 0 amide bonds. The van der Waals surface area contributed by atoms with Gasteiger partial charge in [-0.05, 0) is 35.2 Å². The lowest BCUT2D eigenvalue weighted by Gasteiger charge is -2.18. The lowest BCUT2D eigenvalue weighted by Crippen LogP contribution is -2.33. The van der Waals surface area contributed by atoms with E-state index in [2.05, 4.69) is 0 Å². The number of halogens is 1. The average Bonchev–Trinajstić information content (AvgIpc) is 2.91. The second-order valence-corrected chi connectivity index (χ2v) is 9.50. The summed E-state index contributed by atoms with van der Waals surface area (Å²) >= 11 is 6.27. The standard InChI is InChI=1S/C22H18ClNO6S/c23-16-10-14(11-18-22(16)29-9-3-8-28-18)13-30-20(25)12-24-17-6-1-4-15-5-2-7-19(21(15)17)31(24,26)27/h1-2,4-7,10-11H,3,8-9,12-13H2. The Morgan fingerprint density at radius 2 is 1.87 bits per heavy atom. The molecule has 0 saturated heterocycles. The first kappa shape index (κ1) is 20.0. The monoisotopic (exact) mass is 459 g/mol. The number of carbonyl (C=O) groups is 1. The van der Waals surface area contributed by atoms with Crippen molar-refractivity contribution in [1.82, 2.24) is 0 Å². The molecule has 2 heterocycles. The third-order valence-corrected chi connectivity index (χ3v) is 7.30. The molecule has 7 nitrogen and oxygen atoms in total. The number of sulfonamides is 1. The molecule has 0 spiro atoms. The Morgan fingerprint density at radius 1 is 1.10 bits per heavy atom. The Labute approximate surface area is 184 Å². The lowest BCUT2D eigenvalue weighted by molar-refractivity contribution is -0.143. The van der Waals surface area contributed by atoms with Gasteiger partial charge in [-0.2, -0.15) is 0 Å². The van der Waals surface area contributed by atoms with Crippen molar-refractivity contribution in [3.05, 3.63) is 59.1 Å². The first-order valence-electron chi connectivity index (χ1n) is 9.73. The van der Waals surface area contributed by atoms with Gasteiger partial charge in [-0.15, -0.1) is 0 Å². The van der Waals surface area contributed by atoms with E-state index in [9.17, 15) is 13.2 Å². The van der Waals surface area contributed by atoms with Gasteiger partial charge < -0.3 is 14.2 Å². The quantitative estimate of drug-likeness (QED) is 0.550. The summed E-state index contributed by atoms with van der Waals surface area (Å²) in [5.41, 5.74) is 1.10. The zero-order valence-electron chi connectivity index (χ0n) is 16.3. The van der Waals surface area contributed by atoms with Crippen molar-refractivity contribution in [2.24, 2.45) is 0 Å². The Morgan fingerprint density at radius 3 is 2.71 bits per heavy atom. The Hall–Kier alpha value is -2.97. The van der Waals surface area contributed by atoms with Gasteiger partial charge in [0.2, 0.25) is 0 Å². The first-order valence-corrected chi connectivity index (χ1v) is 11.5. The van der Waals surface area contributed by atoms with Crippen LogP contribution in [0.3, 0.4) is 0 Å². The van der Waals surface area contributed by atoms with Crippen molar-refractivity contribution in [1.29, 1.82) is 0 Å². The van der Waals surface area contributed by atoms with E-state index in [1.54, 1.807) is 36.4 Å². The van der Waals surface area contributed by atoms with Crippen molar-refractivity contribution in [3.63, 3.8) is 0 Å². The molecular formula is C22H18ClNO6S. The smallest absolute Gasteiger partial charge is 0.327 e. The normalized spacial score (nSPS) is 16.2. The first-order chi connectivity index (χ1) is 14.9. The van der Waals surface area contributed by atoms with E-state index in [1.165, 1.54) is 0 Å². The number of anilines is 1. The summed E-state index contributed by atoms with van der Waals surface area (Å²) in [5, 5.41) is 1.79. The van der Waals surface area contributed by atoms with Gasteiger partial charge in [0.25, 0.3) is 10.0 Å². The molecule has 0 N–H and O–H groups in total. The van der Waals surface area contributed by atoms with Crippen LogP contribution in [0.2, 0.25) is 5.02 Å². The number of esters is 1. The van der Waals surface area contributed by atoms with Crippen LogP contribution in [-0.4, -0.2) is 34.1 Å². The molecule has 5 rings (SSSR count). The molecule has 3 aromatic rings. The van der Waals surface area contributed by atoms with Crippen LogP contribution >= 0.6 is 11.6 Å². The van der Waals surface area contributed by atoms with Crippen molar-refractivity contribution in [2.45, 2.75) is 17.9 Å². The summed E-state index contributed by atoms with van der Waals surface area (Å²) in [6, 6.07) is 13.7. The molecular weight excluding hydrogens is 442 g/mol. The van der Waals surface area contributed by atoms with Crippen molar-refractivity contribution < 1.29 is 27.4 Å². The minimum Gasteiger partial charge on any atom is -0.489 e. The molecule has 0 unspecified atom stereocenters. The van der Waals surface area contributed by atoms with Gasteiger partial charge in [0.05, 0.1) is 28.8 Å². The molecule has 3 aromatic carbocycles. The maximum absolute atomic E-state index is 13.0. The van der Waals surface area contributed by atoms with E-state index in [1.807, 2.05) is 12.1 Å². The summed E-state index contributed by atoms with van der Waals surface area (Å²) in [6.07, 6.45) is 0.745. The topological polar surface area (TPSA) is 82.1 Å². The molecule has 0 saturated carbocycles. The van der Waals surface area contributed by atoms with Crippen LogP contribution in [-0.2, 0) is 26.2 Å². The Bertz CT molecular complexity index is 1300. The molecule has 0 bridgehead atoms. The average molecular weight is 460 g/mol. The third-order valence-electron chi connectivity index (χ3n) is 5.22. The van der Waals surface area contributed by atoms with E-state index in [0.717, 1.165) is 16.1 Å². The number of hydrogen-bond acceptors (Lipinski definition) is 6. The highest BCUT2D eigenvalue weighted by Crippen LogP contribution is 2.42. The number of rotatable bonds is 4. The van der Waals surface area contributed by atoms with Gasteiger partial charge in [-0.1, -0.05) is 35.9 Å². The molecule has 0 radical (unpaired) electrons. The van der Waals surface area contributed by atoms with Crippen LogP contribution in [0.25, 0.3) is 10.8 Å². The fourth-order valence-electron chi connectivity index (χ4n) is 3.82. The minimum atomic E-state index is -3.82. The maximum Gasteiger partial charge on any atom is 0.327 e. The second kappa shape index (κ2) is 7.62. The number of hydrogen-bond donors (Lipinski definition) is 0. The van der Waals surface area contributed by atoms with E-state index in [0.29, 0.717) is 46.4 Å². The minimum absolute atomic E-state index is 0.0692. The number of carbonyl (C=O) groups excluding carboxylic acids is 1. The summed E-state index contributed by atoms with van der Waals surface area (Å²) < 4.78 is 43.6. The second-order valence-electron chi connectivity index (χ2n) is 7.26. The van der Waals surface area contributed by atoms with Gasteiger partial charge in [-0.3, -0.25) is 9.10 Å². The highest BCUT2D eigenvalue weighted by atomic mass is 35.5. The van der Waals surface area contributed by atoms with Crippen molar-refractivity contribution >= 4 is 44.1 Å². The summed E-state index contributed by atoms with van der Waals surface area (Å²) in [7, 11) is -3.82. The van der Waals surface area contributed by atoms with Crippen LogP contribution in [0.4, 0.5) is 5.69 Å². The SMILES string of the molecule is O=C(CN1c2cccc3cccc(c23)S1(=O)=O)OCc1cc(Cl)c2c(c1)OCCCO2. The van der Waals surface area contributed by atoms with E-state index >= 15 is 0 Å². The lowest BCUT2D eigenvalue weighted by atomic mass is 10.1. The number of ether oxygens (including phenoxy) is 3. The van der Waals surface area contributed by atoms with Crippen LogP contribution in [0.15, 0.2) is 53.4 Å². The van der Waals surface area contributed by atoms with Gasteiger partial charge in [0.1, 0.15) is 13.2 Å². The third kappa shape index (κ3) is 3.45. The molecule has 2 aliphatic rings. The fourth-order valence-corrected chi connectivity index (χ4v) is 5.77. The maximum atomic E-state index is 13.0. The Balaban J connectivity index is 1.34. The molecule has 0 aromatic heterocycles. The number of benzene rings is 3. The van der Waals surface area contributed by atoms with Gasteiger partial charge in [0, 0.05) is 11.8 Å². The highest BCUT2D eigenvalue weighted by Gasteiger charge is 2.37. The highest BCUT2D eigenvalue weighted by molar-refractivity contribution is 7.93. The van der Waals surface area contributed by atoms with Crippen LogP contribution in [0, 0.1) is 0 Å². The van der Waals surface area contributed by atoms with E-state index in [4.69, 9.17) is 25.8 Å². The Kier molecular flexibility index (Phi) is 4.91. The molecule has 0 atom stereocenters. The summed E-state index contributed by atoms with van der Waals surface area (Å²) in [5.74, 6) is 0.306. The van der Waals surface area contributed by atoms with E-state index < -0.39 is 22.5 Å². The van der Waals surface area contributed by atoms with E-state index in [-0.39, 0.29) is 11.5 Å². The van der Waals surface area contributed by atoms with Crippen LogP contribution in [0.5, 0.6) is 11.5 Å². The van der Waals surface area contributed by atoms with Gasteiger partial charge in [0.15, 0.2) is 11.5 Å². The molecule has 31 heavy (non-hydrogen) atoms. The van der Waals surface area contributed by atoms with Crippen LogP contribution in [0.1, 0.15) is 12.0 Å². The molecule has 160 valence electrons. The summed E-state index contributed by atoms with van der Waals surface area (Å²) in [6.45, 7) is 0.528. The number of nitrogens with zero attached hydrogens (tertiary/aromatic N) is 1. The van der Waals surface area contributed by atoms with Crippen molar-refractivity contribution in [2.75, 3.05) is 24.1 Å². The van der Waals surface area contributed by atoms with Crippen molar-refractivity contribution in [3.8, 4) is 11.5 Å². The van der Waals surface area contributed by atoms with Gasteiger partial charge in [-0.25, -0.2) is 8.42 Å². The number of fused-ring (bicyclic) bond motifs is 1. The zero-order chi connectivity index (χ0) is 21.6. The molecule has 2 aliphatic heterocycles. The largest absolute Gasteiger partial charge is 0.489 e. The van der Waals surface area contributed by atoms with Gasteiger partial charge >= 0.3 is 5.97 Å². The summed E-state index contributed by atoms with van der Waals surface area (Å²) in [4.78, 5) is 12.7. The molecule has 0 aliphatic carbocycles. The molecule has 0 fully saturated rings. The molecule has 9 heteroatoms. The fraction of sp³-hybridized carbons (Fsp3) is 0.227.